The summed E-state index contributed by atoms with van der Waals surface area (Å²) in [7, 11) is -9.87. The predicted octanol–water partition coefficient (Wildman–Crippen LogP) is -5.61. The van der Waals surface area contributed by atoms with E-state index in [0.29, 0.717) is 0 Å². The van der Waals surface area contributed by atoms with Crippen LogP contribution in [0, 0.1) is 0 Å². The number of ether oxygens (including phenoxy) is 3. The van der Waals surface area contributed by atoms with Gasteiger partial charge in [0.1, 0.15) is 53.7 Å². The number of rotatable bonds is 6. The Morgan fingerprint density at radius 2 is 1.38 bits per heavy atom. The summed E-state index contributed by atoms with van der Waals surface area (Å²) in [4.78, 5) is 0. The minimum absolute atomic E-state index is 0.987. The molecule has 29 heavy (non-hydrogen) atoms. The van der Waals surface area contributed by atoms with Crippen LogP contribution in [0.3, 0.4) is 0 Å². The second kappa shape index (κ2) is 8.91. The van der Waals surface area contributed by atoms with Crippen molar-refractivity contribution in [2.75, 3.05) is 12.4 Å². The Labute approximate surface area is 164 Å². The molecule has 0 unspecified atom stereocenters. The zero-order chi connectivity index (χ0) is 22.3. The van der Waals surface area contributed by atoms with Gasteiger partial charge in [-0.2, -0.15) is 16.8 Å². The Kier molecular flexibility index (Phi) is 7.59. The second-order valence-electron chi connectivity index (χ2n) is 6.58. The highest BCUT2D eigenvalue weighted by Crippen LogP contribution is 2.31. The van der Waals surface area contributed by atoms with Gasteiger partial charge in [-0.25, -0.2) is 0 Å². The van der Waals surface area contributed by atoms with E-state index in [0.717, 1.165) is 0 Å². The smallest absolute Gasteiger partial charge is 0.273 e. The Bertz CT molecular complexity index is 768. The average molecular weight is 470 g/mol. The lowest BCUT2D eigenvalue weighted by atomic mass is 9.98. The maximum absolute atomic E-state index is 11.5. The fraction of sp³-hybridized carbons (Fsp3) is 1.00. The number of hydrogen-bond acceptors (Lipinski definition) is 13. The highest BCUT2D eigenvalue weighted by atomic mass is 32.2. The van der Waals surface area contributed by atoms with Crippen molar-refractivity contribution in [3.8, 4) is 0 Å². The lowest BCUT2D eigenvalue weighted by molar-refractivity contribution is -0.337. The van der Waals surface area contributed by atoms with Crippen LogP contribution in [-0.2, 0) is 34.4 Å². The van der Waals surface area contributed by atoms with Crippen LogP contribution in [-0.4, -0.2) is 129 Å². The molecule has 0 amide bonds. The van der Waals surface area contributed by atoms with E-state index in [-0.39, 0.29) is 0 Å². The highest BCUT2D eigenvalue weighted by molar-refractivity contribution is 7.86. The van der Waals surface area contributed by atoms with E-state index in [2.05, 4.69) is 0 Å². The first kappa shape index (κ1) is 24.7. The summed E-state index contributed by atoms with van der Waals surface area (Å²) in [5, 5.41) is 56.3. The second-order valence-corrected chi connectivity index (χ2v) is 9.65. The molecular formula is C12H22O15S2. The molecule has 2 heterocycles. The van der Waals surface area contributed by atoms with E-state index in [1.165, 1.54) is 0 Å². The van der Waals surface area contributed by atoms with Crippen molar-refractivity contribution in [3.05, 3.63) is 0 Å². The van der Waals surface area contributed by atoms with E-state index in [4.69, 9.17) is 18.8 Å². The van der Waals surface area contributed by atoms with Crippen molar-refractivity contribution >= 4 is 20.2 Å². The Morgan fingerprint density at radius 3 is 1.86 bits per heavy atom. The summed E-state index contributed by atoms with van der Waals surface area (Å²) in [5.41, 5.74) is 0. The molecule has 2 aliphatic rings. The molecule has 17 heteroatoms. The first-order valence-corrected chi connectivity index (χ1v) is 11.2. The zero-order valence-corrected chi connectivity index (χ0v) is 16.1. The van der Waals surface area contributed by atoms with Crippen LogP contribution in [0.25, 0.3) is 0 Å². The monoisotopic (exact) mass is 470 g/mol. The molecule has 0 spiro atoms. The van der Waals surface area contributed by atoms with Crippen molar-refractivity contribution in [2.45, 2.75) is 60.6 Å². The molecule has 0 aromatic carbocycles. The molecule has 0 saturated carbocycles. The maximum atomic E-state index is 11.5. The van der Waals surface area contributed by atoms with Gasteiger partial charge in [-0.1, -0.05) is 0 Å². The van der Waals surface area contributed by atoms with E-state index < -0.39 is 93.2 Å². The van der Waals surface area contributed by atoms with Gasteiger partial charge in [0.25, 0.3) is 20.2 Å². The van der Waals surface area contributed by atoms with Gasteiger partial charge < -0.3 is 44.8 Å². The average Bonchev–Trinajstić information content (AvgIpc) is 2.55. The summed E-state index contributed by atoms with van der Waals surface area (Å²) in [6.45, 7) is -0.987. The quantitative estimate of drug-likeness (QED) is 0.168. The van der Waals surface area contributed by atoms with Crippen LogP contribution in [0.15, 0.2) is 0 Å². The zero-order valence-electron chi connectivity index (χ0n) is 14.4. The minimum atomic E-state index is -5.11. The van der Waals surface area contributed by atoms with Gasteiger partial charge >= 0.3 is 0 Å². The molecule has 0 aromatic heterocycles. The van der Waals surface area contributed by atoms with E-state index >= 15 is 0 Å². The molecule has 0 aromatic rings. The molecule has 10 atom stereocenters. The number of hydrogen-bond donors (Lipinski definition) is 8. The first-order chi connectivity index (χ1) is 13.2. The predicted molar refractivity (Wildman–Crippen MR) is 87.3 cm³/mol. The van der Waals surface area contributed by atoms with Crippen LogP contribution in [0.4, 0.5) is 0 Å². The van der Waals surface area contributed by atoms with Gasteiger partial charge in [0.05, 0.1) is 6.61 Å². The molecule has 2 saturated heterocycles. The maximum Gasteiger partial charge on any atom is 0.273 e. The third-order valence-corrected chi connectivity index (χ3v) is 6.49. The van der Waals surface area contributed by atoms with Crippen LogP contribution < -0.4 is 0 Å². The van der Waals surface area contributed by atoms with Gasteiger partial charge in [-0.3, -0.25) is 9.11 Å². The largest absolute Gasteiger partial charge is 0.394 e. The van der Waals surface area contributed by atoms with E-state index in [9.17, 15) is 52.0 Å². The Balaban J connectivity index is 2.33. The SMILES string of the molecule is O=S(=O)(O)C[C@H]1O[C@@H](O)[C@H](O)[C@@H](O)[C@@H]1O[C@@H]1O[C@H](CO)[C@H](O)[C@H](S(=O)(=O)O)[C@H]1O. The van der Waals surface area contributed by atoms with E-state index in [1.54, 1.807) is 0 Å². The Morgan fingerprint density at radius 1 is 0.793 bits per heavy atom. The normalized spacial score (nSPS) is 44.6. The summed E-state index contributed by atoms with van der Waals surface area (Å²) in [5.74, 6) is -1.24. The lowest BCUT2D eigenvalue weighted by Gasteiger charge is -2.45. The minimum Gasteiger partial charge on any atom is -0.394 e. The van der Waals surface area contributed by atoms with Crippen LogP contribution in [0.2, 0.25) is 0 Å². The molecule has 0 aliphatic carbocycles. The van der Waals surface area contributed by atoms with Gasteiger partial charge in [0.15, 0.2) is 12.6 Å². The van der Waals surface area contributed by atoms with E-state index in [1.807, 2.05) is 0 Å². The van der Waals surface area contributed by atoms with Gasteiger partial charge in [0, 0.05) is 0 Å². The van der Waals surface area contributed by atoms with Crippen molar-refractivity contribution in [2.24, 2.45) is 0 Å². The molecule has 0 radical (unpaired) electrons. The molecule has 2 rings (SSSR count). The molecule has 8 N–H and O–H groups in total. The standard InChI is InChI=1S/C12H22O15S2/c13-1-3-5(14)10(29(22,23)24)8(17)12(26-3)27-9-4(2-28(19,20)21)25-11(18)7(16)6(9)15/h3-18H,1-2H2,(H,19,20,21)(H,22,23,24)/t3-,4-,5+,6-,7-,8-,9-,10+,11-,12+/m1/s1. The van der Waals surface area contributed by atoms with Crippen molar-refractivity contribution in [1.29, 1.82) is 0 Å². The van der Waals surface area contributed by atoms with Crippen LogP contribution in [0.5, 0.6) is 0 Å². The molecular weight excluding hydrogens is 448 g/mol. The summed E-state index contributed by atoms with van der Waals surface area (Å²) < 4.78 is 78.5. The fourth-order valence-electron chi connectivity index (χ4n) is 3.10. The number of aliphatic hydroxyl groups excluding tert-OH is 6. The van der Waals surface area contributed by atoms with Crippen molar-refractivity contribution < 1.29 is 70.8 Å². The first-order valence-electron chi connectivity index (χ1n) is 8.06. The molecule has 2 aliphatic heterocycles. The third kappa shape index (κ3) is 5.58. The van der Waals surface area contributed by atoms with Crippen molar-refractivity contribution in [1.82, 2.24) is 0 Å². The lowest BCUT2D eigenvalue weighted by Crippen LogP contribution is -2.65. The number of aliphatic hydroxyl groups is 6. The molecule has 15 nitrogen and oxygen atoms in total. The fourth-order valence-corrected chi connectivity index (χ4v) is 4.79. The van der Waals surface area contributed by atoms with Gasteiger partial charge in [-0.05, 0) is 0 Å². The summed E-state index contributed by atoms with van der Waals surface area (Å²) in [6, 6.07) is 0. The van der Waals surface area contributed by atoms with Gasteiger partial charge in [-0.15, -0.1) is 0 Å². The van der Waals surface area contributed by atoms with Gasteiger partial charge in [0.2, 0.25) is 0 Å². The highest BCUT2D eigenvalue weighted by Gasteiger charge is 2.54. The van der Waals surface area contributed by atoms with Crippen LogP contribution >= 0.6 is 0 Å². The molecule has 2 fully saturated rings. The molecule has 172 valence electrons. The molecule has 0 bridgehead atoms. The summed E-state index contributed by atoms with van der Waals surface area (Å²) >= 11 is 0. The third-order valence-electron chi connectivity index (χ3n) is 4.49. The van der Waals surface area contributed by atoms with Crippen LogP contribution in [0.1, 0.15) is 0 Å². The van der Waals surface area contributed by atoms with Crippen molar-refractivity contribution in [3.63, 3.8) is 0 Å². The Hall–Kier alpha value is -0.540. The topological polar surface area (TPSA) is 258 Å². The summed E-state index contributed by atoms with van der Waals surface area (Å²) in [6.07, 6.45) is -18.1.